The second-order valence-electron chi connectivity index (χ2n) is 5.38. The zero-order valence-corrected chi connectivity index (χ0v) is 12.7. The summed E-state index contributed by atoms with van der Waals surface area (Å²) in [6, 6.07) is 19.5. The molecule has 104 valence electrons. The van der Waals surface area contributed by atoms with Gasteiger partial charge in [-0.05, 0) is 30.7 Å². The van der Waals surface area contributed by atoms with Crippen LogP contribution in [0.15, 0.2) is 59.5 Å². The van der Waals surface area contributed by atoms with Crippen molar-refractivity contribution in [3.05, 3.63) is 65.9 Å². The van der Waals surface area contributed by atoms with Crippen molar-refractivity contribution in [3.8, 4) is 0 Å². The number of hydrogen-bond donors (Lipinski definition) is 1. The molecule has 0 spiro atoms. The normalized spacial score (nSPS) is 16.9. The quantitative estimate of drug-likeness (QED) is 0.734. The van der Waals surface area contributed by atoms with Gasteiger partial charge >= 0.3 is 0 Å². The molecule has 3 heteroatoms. The van der Waals surface area contributed by atoms with Gasteiger partial charge in [0.25, 0.3) is 0 Å². The molecule has 1 aliphatic rings. The molecule has 0 bridgehead atoms. The van der Waals surface area contributed by atoms with E-state index in [0.717, 1.165) is 22.7 Å². The van der Waals surface area contributed by atoms with Gasteiger partial charge in [0, 0.05) is 21.7 Å². The average molecular weight is 292 g/mol. The van der Waals surface area contributed by atoms with Crippen LogP contribution < -0.4 is 5.32 Å². The van der Waals surface area contributed by atoms with Gasteiger partial charge in [-0.1, -0.05) is 36.4 Å². The standard InChI is InChI=1S/C18H16N2S/c1-12-9-10-13-5-4-7-15(18(13)19-12)20-16-11-21-17-8-3-2-6-14(16)17/h2-10,16,20H,11H2,1H3. The molecule has 0 saturated carbocycles. The Morgan fingerprint density at radius 2 is 1.95 bits per heavy atom. The van der Waals surface area contributed by atoms with Crippen LogP contribution in [0.3, 0.4) is 0 Å². The summed E-state index contributed by atoms with van der Waals surface area (Å²) in [5, 5.41) is 4.87. The van der Waals surface area contributed by atoms with Crippen molar-refractivity contribution >= 4 is 28.4 Å². The third kappa shape index (κ3) is 2.28. The molecular formula is C18H16N2S. The van der Waals surface area contributed by atoms with Gasteiger partial charge in [-0.15, -0.1) is 11.8 Å². The number of anilines is 1. The van der Waals surface area contributed by atoms with Crippen molar-refractivity contribution < 1.29 is 0 Å². The maximum atomic E-state index is 4.70. The number of aromatic nitrogens is 1. The van der Waals surface area contributed by atoms with Crippen LogP contribution in [-0.2, 0) is 0 Å². The van der Waals surface area contributed by atoms with Crippen molar-refractivity contribution in [2.75, 3.05) is 11.1 Å². The van der Waals surface area contributed by atoms with Crippen LogP contribution in [0.4, 0.5) is 5.69 Å². The fourth-order valence-electron chi connectivity index (χ4n) is 2.83. The first kappa shape index (κ1) is 12.7. The lowest BCUT2D eigenvalue weighted by atomic mass is 10.1. The number of fused-ring (bicyclic) bond motifs is 2. The van der Waals surface area contributed by atoms with Gasteiger partial charge in [-0.25, -0.2) is 0 Å². The van der Waals surface area contributed by atoms with E-state index in [1.807, 2.05) is 18.7 Å². The van der Waals surface area contributed by atoms with Gasteiger partial charge in [-0.2, -0.15) is 0 Å². The molecule has 1 unspecified atom stereocenters. The summed E-state index contributed by atoms with van der Waals surface area (Å²) in [4.78, 5) is 6.09. The molecule has 1 aliphatic heterocycles. The van der Waals surface area contributed by atoms with Crippen molar-refractivity contribution in [3.63, 3.8) is 0 Å². The number of aryl methyl sites for hydroxylation is 1. The SMILES string of the molecule is Cc1ccc2cccc(NC3CSc4ccccc43)c2n1. The van der Waals surface area contributed by atoms with Crippen molar-refractivity contribution in [1.82, 2.24) is 4.98 Å². The van der Waals surface area contributed by atoms with Crippen molar-refractivity contribution in [1.29, 1.82) is 0 Å². The van der Waals surface area contributed by atoms with E-state index in [1.165, 1.54) is 15.8 Å². The molecule has 1 N–H and O–H groups in total. The Labute approximate surface area is 128 Å². The minimum atomic E-state index is 0.360. The van der Waals surface area contributed by atoms with Gasteiger partial charge < -0.3 is 5.32 Å². The first-order valence-corrected chi connectivity index (χ1v) is 8.14. The Morgan fingerprint density at radius 3 is 2.90 bits per heavy atom. The number of para-hydroxylation sites is 1. The predicted octanol–water partition coefficient (Wildman–Crippen LogP) is 4.80. The maximum absolute atomic E-state index is 4.70. The lowest BCUT2D eigenvalue weighted by Crippen LogP contribution is -2.10. The topological polar surface area (TPSA) is 24.9 Å². The minimum absolute atomic E-state index is 0.360. The highest BCUT2D eigenvalue weighted by Crippen LogP contribution is 2.40. The molecule has 0 radical (unpaired) electrons. The number of nitrogens with zero attached hydrogens (tertiary/aromatic N) is 1. The molecule has 2 heterocycles. The van der Waals surface area contributed by atoms with Crippen LogP contribution in [0.2, 0.25) is 0 Å². The van der Waals surface area contributed by atoms with Crippen LogP contribution in [0.5, 0.6) is 0 Å². The molecule has 2 aromatic carbocycles. The zero-order valence-electron chi connectivity index (χ0n) is 11.8. The van der Waals surface area contributed by atoms with E-state index < -0.39 is 0 Å². The Morgan fingerprint density at radius 1 is 1.05 bits per heavy atom. The van der Waals surface area contributed by atoms with E-state index in [9.17, 15) is 0 Å². The fraction of sp³-hybridized carbons (Fsp3) is 0.167. The molecule has 2 nitrogen and oxygen atoms in total. The predicted molar refractivity (Wildman–Crippen MR) is 90.0 cm³/mol. The molecule has 4 rings (SSSR count). The van der Waals surface area contributed by atoms with E-state index in [1.54, 1.807) is 0 Å². The number of thioether (sulfide) groups is 1. The average Bonchev–Trinajstić information content (AvgIpc) is 2.91. The number of benzene rings is 2. The number of nitrogens with one attached hydrogen (secondary N) is 1. The van der Waals surface area contributed by atoms with Crippen LogP contribution in [0, 0.1) is 6.92 Å². The van der Waals surface area contributed by atoms with E-state index in [2.05, 4.69) is 59.9 Å². The van der Waals surface area contributed by atoms with Gasteiger partial charge in [0.05, 0.1) is 17.2 Å². The Kier molecular flexibility index (Phi) is 3.08. The Balaban J connectivity index is 1.74. The first-order valence-electron chi connectivity index (χ1n) is 7.16. The largest absolute Gasteiger partial charge is 0.376 e. The Bertz CT molecular complexity index is 813. The molecule has 21 heavy (non-hydrogen) atoms. The van der Waals surface area contributed by atoms with Crippen molar-refractivity contribution in [2.45, 2.75) is 17.9 Å². The Hall–Kier alpha value is -2.00. The highest BCUT2D eigenvalue weighted by Gasteiger charge is 2.22. The summed E-state index contributed by atoms with van der Waals surface area (Å²) < 4.78 is 0. The molecule has 3 aromatic rings. The van der Waals surface area contributed by atoms with Crippen LogP contribution in [0.1, 0.15) is 17.3 Å². The third-order valence-electron chi connectivity index (χ3n) is 3.89. The summed E-state index contributed by atoms with van der Waals surface area (Å²) in [6.07, 6.45) is 0. The smallest absolute Gasteiger partial charge is 0.0936 e. The van der Waals surface area contributed by atoms with Crippen LogP contribution >= 0.6 is 11.8 Å². The molecular weight excluding hydrogens is 276 g/mol. The summed E-state index contributed by atoms with van der Waals surface area (Å²) in [7, 11) is 0. The van der Waals surface area contributed by atoms with Crippen LogP contribution in [-0.4, -0.2) is 10.7 Å². The second kappa shape index (κ2) is 5.08. The first-order chi connectivity index (χ1) is 10.3. The van der Waals surface area contributed by atoms with Gasteiger partial charge in [0.15, 0.2) is 0 Å². The molecule has 1 atom stereocenters. The van der Waals surface area contributed by atoms with Gasteiger partial charge in [0.1, 0.15) is 0 Å². The summed E-state index contributed by atoms with van der Waals surface area (Å²) in [5.41, 5.74) is 4.63. The summed E-state index contributed by atoms with van der Waals surface area (Å²) >= 11 is 1.92. The number of pyridine rings is 1. The van der Waals surface area contributed by atoms with E-state index in [-0.39, 0.29) is 0 Å². The lowest BCUT2D eigenvalue weighted by Gasteiger charge is -2.16. The molecule has 0 aliphatic carbocycles. The summed E-state index contributed by atoms with van der Waals surface area (Å²) in [5.74, 6) is 1.07. The highest BCUT2D eigenvalue weighted by atomic mass is 32.2. The number of hydrogen-bond acceptors (Lipinski definition) is 3. The van der Waals surface area contributed by atoms with Gasteiger partial charge in [-0.3, -0.25) is 4.98 Å². The minimum Gasteiger partial charge on any atom is -0.376 e. The van der Waals surface area contributed by atoms with Crippen molar-refractivity contribution in [2.24, 2.45) is 0 Å². The second-order valence-corrected chi connectivity index (χ2v) is 6.44. The monoisotopic (exact) mass is 292 g/mol. The fourth-order valence-corrected chi connectivity index (χ4v) is 3.99. The zero-order chi connectivity index (χ0) is 14.2. The maximum Gasteiger partial charge on any atom is 0.0936 e. The van der Waals surface area contributed by atoms with Gasteiger partial charge in [0.2, 0.25) is 0 Å². The molecule has 1 aromatic heterocycles. The molecule has 0 amide bonds. The number of rotatable bonds is 2. The van der Waals surface area contributed by atoms with E-state index >= 15 is 0 Å². The molecule has 0 saturated heterocycles. The van der Waals surface area contributed by atoms with E-state index in [4.69, 9.17) is 4.98 Å². The molecule has 0 fully saturated rings. The lowest BCUT2D eigenvalue weighted by molar-refractivity contribution is 0.901. The summed E-state index contributed by atoms with van der Waals surface area (Å²) in [6.45, 7) is 2.04. The van der Waals surface area contributed by atoms with Crippen LogP contribution in [0.25, 0.3) is 10.9 Å². The third-order valence-corrected chi connectivity index (χ3v) is 5.07. The van der Waals surface area contributed by atoms with E-state index in [0.29, 0.717) is 6.04 Å². The highest BCUT2D eigenvalue weighted by molar-refractivity contribution is 7.99.